The molecule has 0 atom stereocenters. The third-order valence-electron chi connectivity index (χ3n) is 3.79. The lowest BCUT2D eigenvalue weighted by molar-refractivity contribution is -0.616. The zero-order valence-electron chi connectivity index (χ0n) is 11.1. The minimum Gasteiger partial charge on any atom is -1.00 e. The summed E-state index contributed by atoms with van der Waals surface area (Å²) >= 11 is 2.29. The molecule has 0 spiro atoms. The number of fused-ring (bicyclic) bond motifs is 4. The molecule has 0 saturated heterocycles. The van der Waals surface area contributed by atoms with Gasteiger partial charge < -0.3 is 29.0 Å². The molecule has 0 radical (unpaired) electrons. The lowest BCUT2D eigenvalue weighted by Crippen LogP contribution is -3.00. The Kier molecular flexibility index (Phi) is 3.81. The Morgan fingerprint density at radius 3 is 2.67 bits per heavy atom. The van der Waals surface area contributed by atoms with E-state index in [0.29, 0.717) is 0 Å². The molecular weight excluding hydrogens is 493 g/mol. The van der Waals surface area contributed by atoms with Gasteiger partial charge >= 0.3 is 0 Å². The van der Waals surface area contributed by atoms with Gasteiger partial charge in [-0.15, -0.1) is 0 Å². The van der Waals surface area contributed by atoms with E-state index in [1.54, 1.807) is 6.07 Å². The van der Waals surface area contributed by atoms with Crippen molar-refractivity contribution in [1.82, 2.24) is 4.98 Å². The molecule has 0 fully saturated rings. The summed E-state index contributed by atoms with van der Waals surface area (Å²) in [5.74, 6) is -0.203. The van der Waals surface area contributed by atoms with Crippen LogP contribution in [0.3, 0.4) is 0 Å². The number of aromatic nitrogens is 2. The molecule has 2 nitrogen and oxygen atoms in total. The molecule has 1 N–H and O–H groups in total. The molecule has 0 amide bonds. The minimum atomic E-state index is -0.203. The van der Waals surface area contributed by atoms with Gasteiger partial charge in [0.25, 0.3) is 0 Å². The number of halogens is 3. The number of pyridine rings is 1. The Morgan fingerprint density at radius 1 is 1.10 bits per heavy atom. The number of rotatable bonds is 0. The summed E-state index contributed by atoms with van der Waals surface area (Å²) in [6.45, 7) is 0. The van der Waals surface area contributed by atoms with E-state index in [1.807, 2.05) is 25.2 Å². The van der Waals surface area contributed by atoms with Crippen molar-refractivity contribution in [3.63, 3.8) is 0 Å². The molecule has 2 heterocycles. The number of benzene rings is 2. The Balaban J connectivity index is 0.00000132. The molecule has 0 saturated carbocycles. The molecule has 0 aliphatic heterocycles. The SMILES string of the molecule is C[n+]1c2ccc(F)cc2c(I)c2[nH]c3ccccc3c21.[I-]. The van der Waals surface area contributed by atoms with E-state index in [9.17, 15) is 4.39 Å². The normalized spacial score (nSPS) is 11.2. The monoisotopic (exact) mass is 504 g/mol. The fourth-order valence-corrected chi connectivity index (χ4v) is 3.69. The first-order chi connectivity index (χ1) is 9.66. The average molecular weight is 504 g/mol. The van der Waals surface area contributed by atoms with Gasteiger partial charge in [0.2, 0.25) is 11.0 Å². The van der Waals surface area contributed by atoms with Crippen LogP contribution < -0.4 is 28.5 Å². The van der Waals surface area contributed by atoms with Gasteiger partial charge in [-0.25, -0.2) is 4.39 Å². The van der Waals surface area contributed by atoms with Gasteiger partial charge in [0.15, 0.2) is 0 Å². The van der Waals surface area contributed by atoms with Crippen LogP contribution in [0.1, 0.15) is 0 Å². The van der Waals surface area contributed by atoms with Crippen molar-refractivity contribution < 1.29 is 32.9 Å². The molecule has 0 bridgehead atoms. The van der Waals surface area contributed by atoms with Crippen molar-refractivity contribution in [3.8, 4) is 0 Å². The van der Waals surface area contributed by atoms with Crippen molar-refractivity contribution in [2.24, 2.45) is 7.05 Å². The van der Waals surface area contributed by atoms with Crippen LogP contribution in [0.5, 0.6) is 0 Å². The Morgan fingerprint density at radius 2 is 1.86 bits per heavy atom. The van der Waals surface area contributed by atoms with Gasteiger partial charge in [0.05, 0.1) is 19.9 Å². The van der Waals surface area contributed by atoms with Crippen LogP contribution in [0.4, 0.5) is 4.39 Å². The second-order valence-electron chi connectivity index (χ2n) is 4.93. The second-order valence-corrected chi connectivity index (χ2v) is 6.01. The number of hydrogen-bond donors (Lipinski definition) is 1. The molecule has 4 aromatic rings. The van der Waals surface area contributed by atoms with Crippen molar-refractivity contribution in [1.29, 1.82) is 0 Å². The topological polar surface area (TPSA) is 19.7 Å². The number of para-hydroxylation sites is 1. The molecule has 2 aromatic heterocycles. The number of H-pyrrole nitrogens is 1. The Bertz CT molecular complexity index is 992. The first-order valence-electron chi connectivity index (χ1n) is 6.34. The number of nitrogens with one attached hydrogen (secondary N) is 1. The highest BCUT2D eigenvalue weighted by molar-refractivity contribution is 14.1. The van der Waals surface area contributed by atoms with E-state index < -0.39 is 0 Å². The largest absolute Gasteiger partial charge is 1.00 e. The van der Waals surface area contributed by atoms with Crippen LogP contribution in [0.25, 0.3) is 32.8 Å². The quantitative estimate of drug-likeness (QED) is 0.273. The third-order valence-corrected chi connectivity index (χ3v) is 4.91. The summed E-state index contributed by atoms with van der Waals surface area (Å²) in [4.78, 5) is 3.45. The van der Waals surface area contributed by atoms with E-state index in [1.165, 1.54) is 11.5 Å². The Hall–Kier alpha value is -0.960. The van der Waals surface area contributed by atoms with E-state index in [0.717, 1.165) is 31.0 Å². The number of aryl methyl sites for hydroxylation is 1. The van der Waals surface area contributed by atoms with Gasteiger partial charge in [-0.3, -0.25) is 0 Å². The summed E-state index contributed by atoms with van der Waals surface area (Å²) in [5.41, 5.74) is 4.36. The predicted molar refractivity (Wildman–Crippen MR) is 87.2 cm³/mol. The standard InChI is InChI=1S/C16H10FIN2.HI/c1-20-13-7-6-9(17)8-11(13)14(18)15-16(20)10-4-2-3-5-12(10)19-15;/h2-8H,1H3;1H. The average Bonchev–Trinajstić information content (AvgIpc) is 2.84. The summed E-state index contributed by atoms with van der Waals surface area (Å²) in [6.07, 6.45) is 0. The lowest BCUT2D eigenvalue weighted by atomic mass is 10.1. The molecule has 0 unspecified atom stereocenters. The molecule has 2 aromatic carbocycles. The molecule has 106 valence electrons. The van der Waals surface area contributed by atoms with Gasteiger partial charge in [0.1, 0.15) is 18.4 Å². The maximum absolute atomic E-state index is 13.5. The number of hydrogen-bond acceptors (Lipinski definition) is 0. The van der Waals surface area contributed by atoms with Crippen LogP contribution in [-0.4, -0.2) is 4.98 Å². The maximum atomic E-state index is 13.5. The van der Waals surface area contributed by atoms with Crippen molar-refractivity contribution in [2.75, 3.05) is 0 Å². The van der Waals surface area contributed by atoms with Gasteiger partial charge in [-0.2, -0.15) is 4.57 Å². The van der Waals surface area contributed by atoms with Crippen molar-refractivity contribution >= 4 is 55.4 Å². The molecule has 0 aliphatic rings. The van der Waals surface area contributed by atoms with Crippen molar-refractivity contribution in [3.05, 3.63) is 51.9 Å². The number of aromatic amines is 1. The number of nitrogens with zero attached hydrogens (tertiary/aromatic N) is 1. The molecular formula is C16H11FI2N2. The fraction of sp³-hybridized carbons (Fsp3) is 0.0625. The van der Waals surface area contributed by atoms with E-state index in [-0.39, 0.29) is 29.8 Å². The summed E-state index contributed by atoms with van der Waals surface area (Å²) in [5, 5.41) is 2.13. The zero-order valence-corrected chi connectivity index (χ0v) is 15.4. The van der Waals surface area contributed by atoms with Crippen molar-refractivity contribution in [2.45, 2.75) is 0 Å². The van der Waals surface area contributed by atoms with E-state index in [2.05, 4.69) is 44.3 Å². The van der Waals surface area contributed by atoms with Crippen LogP contribution in [0.2, 0.25) is 0 Å². The van der Waals surface area contributed by atoms with Crippen LogP contribution in [0.15, 0.2) is 42.5 Å². The Labute approximate surface area is 151 Å². The first-order valence-corrected chi connectivity index (χ1v) is 7.42. The summed E-state index contributed by atoms with van der Waals surface area (Å²) in [7, 11) is 2.03. The maximum Gasteiger partial charge on any atom is 0.239 e. The molecule has 0 aliphatic carbocycles. The highest BCUT2D eigenvalue weighted by Crippen LogP contribution is 2.30. The highest BCUT2D eigenvalue weighted by Gasteiger charge is 2.21. The molecule has 21 heavy (non-hydrogen) atoms. The smallest absolute Gasteiger partial charge is 0.239 e. The van der Waals surface area contributed by atoms with Gasteiger partial charge in [0, 0.05) is 6.07 Å². The van der Waals surface area contributed by atoms with Gasteiger partial charge in [-0.05, 0) is 46.9 Å². The predicted octanol–water partition coefficient (Wildman–Crippen LogP) is 1.05. The molecule has 4 rings (SSSR count). The first kappa shape index (κ1) is 15.0. The minimum absolute atomic E-state index is 0. The zero-order chi connectivity index (χ0) is 13.9. The van der Waals surface area contributed by atoms with Crippen LogP contribution >= 0.6 is 22.6 Å². The second kappa shape index (κ2) is 5.35. The summed E-state index contributed by atoms with van der Waals surface area (Å²) in [6, 6.07) is 13.2. The fourth-order valence-electron chi connectivity index (χ4n) is 2.87. The van der Waals surface area contributed by atoms with E-state index in [4.69, 9.17) is 0 Å². The lowest BCUT2D eigenvalue weighted by Gasteiger charge is -2.02. The summed E-state index contributed by atoms with van der Waals surface area (Å²) < 4.78 is 16.7. The van der Waals surface area contributed by atoms with E-state index >= 15 is 0 Å². The highest BCUT2D eigenvalue weighted by atomic mass is 127. The third kappa shape index (κ3) is 2.12. The van der Waals surface area contributed by atoms with Crippen LogP contribution in [0, 0.1) is 9.39 Å². The van der Waals surface area contributed by atoms with Gasteiger partial charge in [-0.1, -0.05) is 12.1 Å². The van der Waals surface area contributed by atoms with Crippen LogP contribution in [-0.2, 0) is 7.05 Å². The molecule has 5 heteroatoms.